The van der Waals surface area contributed by atoms with Crippen LogP contribution in [0.25, 0.3) is 11.1 Å². The van der Waals surface area contributed by atoms with Crippen molar-refractivity contribution in [3.63, 3.8) is 0 Å². The molecular formula is C14H17N3O3. The molecule has 0 unspecified atom stereocenters. The average Bonchev–Trinajstić information content (AvgIpc) is 2.81. The van der Waals surface area contributed by atoms with Gasteiger partial charge in [0, 0.05) is 39.1 Å². The van der Waals surface area contributed by atoms with Gasteiger partial charge in [-0.3, -0.25) is 9.36 Å². The van der Waals surface area contributed by atoms with E-state index in [0.717, 1.165) is 31.7 Å². The molecule has 20 heavy (non-hydrogen) atoms. The second-order valence-electron chi connectivity index (χ2n) is 4.87. The van der Waals surface area contributed by atoms with Gasteiger partial charge < -0.3 is 14.6 Å². The Kier molecular flexibility index (Phi) is 3.56. The molecule has 1 amide bonds. The average molecular weight is 275 g/mol. The van der Waals surface area contributed by atoms with Gasteiger partial charge in [-0.1, -0.05) is 12.1 Å². The molecule has 1 saturated heterocycles. The number of nitrogens with zero attached hydrogens (tertiary/aromatic N) is 2. The standard InChI is InChI=1S/C14H17N3O3/c18-13(16-9-6-15-7-10-16)5-8-17-11-3-1-2-4-12(11)20-14(17)19/h1-4,15H,5-10H2. The van der Waals surface area contributed by atoms with E-state index in [1.54, 1.807) is 6.07 Å². The Bertz CT molecular complexity index is 668. The quantitative estimate of drug-likeness (QED) is 0.881. The maximum Gasteiger partial charge on any atom is 0.419 e. The number of piperazine rings is 1. The molecule has 0 atom stereocenters. The molecule has 1 fully saturated rings. The van der Waals surface area contributed by atoms with Crippen molar-refractivity contribution in [3.05, 3.63) is 34.8 Å². The number of hydrogen-bond donors (Lipinski definition) is 1. The van der Waals surface area contributed by atoms with Crippen molar-refractivity contribution < 1.29 is 9.21 Å². The zero-order chi connectivity index (χ0) is 13.9. The molecule has 6 heteroatoms. The van der Waals surface area contributed by atoms with Crippen LogP contribution in [-0.2, 0) is 11.3 Å². The molecule has 2 heterocycles. The predicted octanol–water partition coefficient (Wildman–Crippen LogP) is 0.416. The molecule has 0 spiro atoms. The summed E-state index contributed by atoms with van der Waals surface area (Å²) in [6.07, 6.45) is 0.323. The third-order valence-corrected chi connectivity index (χ3v) is 3.59. The number of para-hydroxylation sites is 2. The lowest BCUT2D eigenvalue weighted by Gasteiger charge is -2.27. The van der Waals surface area contributed by atoms with Crippen LogP contribution in [0, 0.1) is 0 Å². The number of nitrogens with one attached hydrogen (secondary N) is 1. The Morgan fingerprint density at radius 1 is 1.25 bits per heavy atom. The highest BCUT2D eigenvalue weighted by Crippen LogP contribution is 2.12. The molecular weight excluding hydrogens is 258 g/mol. The third-order valence-electron chi connectivity index (χ3n) is 3.59. The first-order valence-corrected chi connectivity index (χ1v) is 6.82. The monoisotopic (exact) mass is 275 g/mol. The van der Waals surface area contributed by atoms with Gasteiger partial charge in [0.1, 0.15) is 0 Å². The Labute approximate surface area is 116 Å². The van der Waals surface area contributed by atoms with Crippen molar-refractivity contribution in [3.8, 4) is 0 Å². The number of carbonyl (C=O) groups is 1. The minimum atomic E-state index is -0.403. The molecule has 6 nitrogen and oxygen atoms in total. The van der Waals surface area contributed by atoms with Gasteiger partial charge in [0.15, 0.2) is 5.58 Å². The summed E-state index contributed by atoms with van der Waals surface area (Å²) >= 11 is 0. The lowest BCUT2D eigenvalue weighted by atomic mass is 10.3. The molecule has 1 aliphatic heterocycles. The van der Waals surface area contributed by atoms with Crippen molar-refractivity contribution in [1.29, 1.82) is 0 Å². The number of rotatable bonds is 3. The zero-order valence-electron chi connectivity index (χ0n) is 11.2. The summed E-state index contributed by atoms with van der Waals surface area (Å²) in [4.78, 5) is 25.7. The van der Waals surface area contributed by atoms with Crippen LogP contribution in [0.1, 0.15) is 6.42 Å². The van der Waals surface area contributed by atoms with Crippen LogP contribution in [0.5, 0.6) is 0 Å². The van der Waals surface area contributed by atoms with E-state index < -0.39 is 5.76 Å². The maximum atomic E-state index is 12.1. The fourth-order valence-electron chi connectivity index (χ4n) is 2.51. The Morgan fingerprint density at radius 3 is 2.80 bits per heavy atom. The number of hydrogen-bond acceptors (Lipinski definition) is 4. The Balaban J connectivity index is 1.72. The molecule has 1 N–H and O–H groups in total. The van der Waals surface area contributed by atoms with Gasteiger partial charge in [0.05, 0.1) is 5.52 Å². The minimum Gasteiger partial charge on any atom is -0.408 e. The fourth-order valence-corrected chi connectivity index (χ4v) is 2.51. The van der Waals surface area contributed by atoms with Gasteiger partial charge in [-0.2, -0.15) is 0 Å². The normalized spacial score (nSPS) is 15.7. The first-order chi connectivity index (χ1) is 9.75. The van der Waals surface area contributed by atoms with E-state index in [2.05, 4.69) is 5.32 Å². The highest BCUT2D eigenvalue weighted by atomic mass is 16.4. The van der Waals surface area contributed by atoms with E-state index in [4.69, 9.17) is 4.42 Å². The third kappa shape index (κ3) is 2.46. The lowest BCUT2D eigenvalue weighted by Crippen LogP contribution is -2.46. The first kappa shape index (κ1) is 12.9. The summed E-state index contributed by atoms with van der Waals surface area (Å²) in [6, 6.07) is 7.26. The van der Waals surface area contributed by atoms with Crippen LogP contribution in [0.4, 0.5) is 0 Å². The van der Waals surface area contributed by atoms with Crippen molar-refractivity contribution in [1.82, 2.24) is 14.8 Å². The van der Waals surface area contributed by atoms with Crippen LogP contribution in [0.2, 0.25) is 0 Å². The number of oxazole rings is 1. The van der Waals surface area contributed by atoms with Crippen molar-refractivity contribution in [2.24, 2.45) is 0 Å². The maximum absolute atomic E-state index is 12.1. The number of aromatic nitrogens is 1. The van der Waals surface area contributed by atoms with Gasteiger partial charge >= 0.3 is 5.76 Å². The predicted molar refractivity (Wildman–Crippen MR) is 74.5 cm³/mol. The van der Waals surface area contributed by atoms with Crippen LogP contribution in [-0.4, -0.2) is 41.6 Å². The molecule has 0 aliphatic carbocycles. The molecule has 0 radical (unpaired) electrons. The zero-order valence-corrected chi connectivity index (χ0v) is 11.2. The minimum absolute atomic E-state index is 0.0867. The highest BCUT2D eigenvalue weighted by Gasteiger charge is 2.17. The summed E-state index contributed by atoms with van der Waals surface area (Å²) < 4.78 is 6.67. The summed E-state index contributed by atoms with van der Waals surface area (Å²) in [6.45, 7) is 3.50. The molecule has 1 aromatic carbocycles. The largest absolute Gasteiger partial charge is 0.419 e. The number of carbonyl (C=O) groups excluding carboxylic acids is 1. The lowest BCUT2D eigenvalue weighted by molar-refractivity contribution is -0.132. The fraction of sp³-hybridized carbons (Fsp3) is 0.429. The Hall–Kier alpha value is -2.08. The van der Waals surface area contributed by atoms with Gasteiger partial charge in [0.25, 0.3) is 0 Å². The molecule has 0 saturated carbocycles. The molecule has 3 rings (SSSR count). The molecule has 1 aromatic heterocycles. The topological polar surface area (TPSA) is 67.5 Å². The van der Waals surface area contributed by atoms with Crippen molar-refractivity contribution in [2.45, 2.75) is 13.0 Å². The van der Waals surface area contributed by atoms with Crippen molar-refractivity contribution in [2.75, 3.05) is 26.2 Å². The number of aryl methyl sites for hydroxylation is 1. The molecule has 1 aliphatic rings. The number of benzene rings is 1. The van der Waals surface area contributed by atoms with Crippen LogP contribution < -0.4 is 11.1 Å². The Morgan fingerprint density at radius 2 is 2.00 bits per heavy atom. The SMILES string of the molecule is O=C(CCn1c(=O)oc2ccccc21)N1CCNCC1. The highest BCUT2D eigenvalue weighted by molar-refractivity contribution is 5.77. The van der Waals surface area contributed by atoms with E-state index in [1.165, 1.54) is 4.57 Å². The van der Waals surface area contributed by atoms with Crippen LogP contribution in [0.15, 0.2) is 33.5 Å². The smallest absolute Gasteiger partial charge is 0.408 e. The van der Waals surface area contributed by atoms with E-state index in [-0.39, 0.29) is 5.91 Å². The van der Waals surface area contributed by atoms with Crippen LogP contribution >= 0.6 is 0 Å². The van der Waals surface area contributed by atoms with E-state index in [0.29, 0.717) is 18.5 Å². The first-order valence-electron chi connectivity index (χ1n) is 6.82. The van der Waals surface area contributed by atoms with E-state index >= 15 is 0 Å². The summed E-state index contributed by atoms with van der Waals surface area (Å²) in [5.41, 5.74) is 1.30. The molecule has 106 valence electrons. The van der Waals surface area contributed by atoms with Crippen molar-refractivity contribution >= 4 is 17.0 Å². The molecule has 0 bridgehead atoms. The van der Waals surface area contributed by atoms with Gasteiger partial charge in [-0.05, 0) is 12.1 Å². The summed E-state index contributed by atoms with van der Waals surface area (Å²) in [5, 5.41) is 3.21. The van der Waals surface area contributed by atoms with Gasteiger partial charge in [0.2, 0.25) is 5.91 Å². The van der Waals surface area contributed by atoms with Gasteiger partial charge in [-0.15, -0.1) is 0 Å². The number of fused-ring (bicyclic) bond motifs is 1. The van der Waals surface area contributed by atoms with E-state index in [1.807, 2.05) is 23.1 Å². The van der Waals surface area contributed by atoms with Gasteiger partial charge in [-0.25, -0.2) is 4.79 Å². The number of amides is 1. The summed E-state index contributed by atoms with van der Waals surface area (Å²) in [7, 11) is 0. The molecule has 2 aromatic rings. The second kappa shape index (κ2) is 5.50. The van der Waals surface area contributed by atoms with Crippen LogP contribution in [0.3, 0.4) is 0 Å². The van der Waals surface area contributed by atoms with E-state index in [9.17, 15) is 9.59 Å². The summed E-state index contributed by atoms with van der Waals surface area (Å²) in [5.74, 6) is -0.317. The second-order valence-corrected chi connectivity index (χ2v) is 4.87.